The van der Waals surface area contributed by atoms with E-state index in [4.69, 9.17) is 4.74 Å². The molecule has 1 aliphatic rings. The van der Waals surface area contributed by atoms with Crippen molar-refractivity contribution >= 4 is 5.91 Å². The highest BCUT2D eigenvalue weighted by molar-refractivity contribution is 5.75. The van der Waals surface area contributed by atoms with Gasteiger partial charge < -0.3 is 10.1 Å². The van der Waals surface area contributed by atoms with Gasteiger partial charge >= 0.3 is 0 Å². The minimum absolute atomic E-state index is 0.143. The Bertz CT molecular complexity index is 141. The maximum atomic E-state index is 10.9. The molecular weight excluding hydrogens is 142 g/mol. The van der Waals surface area contributed by atoms with Crippen molar-refractivity contribution in [2.45, 2.75) is 38.3 Å². The van der Waals surface area contributed by atoms with E-state index in [0.29, 0.717) is 18.6 Å². The molecule has 3 heteroatoms. The molecule has 1 aliphatic carbocycles. The predicted molar refractivity (Wildman–Crippen MR) is 42.3 cm³/mol. The highest BCUT2D eigenvalue weighted by Gasteiger charge is 2.29. The van der Waals surface area contributed by atoms with Gasteiger partial charge in [-0.1, -0.05) is 6.92 Å². The number of ether oxygens (including phenoxy) is 1. The SMILES string of the molecule is CCC(=O)NC1CC(OC)C1. The van der Waals surface area contributed by atoms with Crippen molar-refractivity contribution in [3.63, 3.8) is 0 Å². The lowest BCUT2D eigenvalue weighted by Gasteiger charge is -2.34. The fourth-order valence-corrected chi connectivity index (χ4v) is 1.21. The van der Waals surface area contributed by atoms with Crippen molar-refractivity contribution in [3.05, 3.63) is 0 Å². The summed E-state index contributed by atoms with van der Waals surface area (Å²) in [5.41, 5.74) is 0. The first kappa shape index (κ1) is 8.53. The molecule has 1 saturated carbocycles. The first-order chi connectivity index (χ1) is 5.26. The molecular formula is C8H15NO2. The molecule has 0 aromatic rings. The number of hydrogen-bond acceptors (Lipinski definition) is 2. The third-order valence-corrected chi connectivity index (χ3v) is 2.11. The van der Waals surface area contributed by atoms with Crippen LogP contribution in [0.4, 0.5) is 0 Å². The number of nitrogens with one attached hydrogen (secondary N) is 1. The average molecular weight is 157 g/mol. The van der Waals surface area contributed by atoms with Crippen LogP contribution in [0.1, 0.15) is 26.2 Å². The Morgan fingerprint density at radius 2 is 2.27 bits per heavy atom. The summed E-state index contributed by atoms with van der Waals surface area (Å²) >= 11 is 0. The molecule has 64 valence electrons. The number of carbonyl (C=O) groups is 1. The van der Waals surface area contributed by atoms with Gasteiger partial charge in [-0.15, -0.1) is 0 Å². The van der Waals surface area contributed by atoms with Gasteiger partial charge in [-0.25, -0.2) is 0 Å². The highest BCUT2D eigenvalue weighted by atomic mass is 16.5. The maximum Gasteiger partial charge on any atom is 0.219 e. The van der Waals surface area contributed by atoms with Gasteiger partial charge in [0.15, 0.2) is 0 Å². The first-order valence-electron chi connectivity index (χ1n) is 4.08. The largest absolute Gasteiger partial charge is 0.381 e. The standard InChI is InChI=1S/C8H15NO2/c1-3-8(10)9-6-4-7(5-6)11-2/h6-7H,3-5H2,1-2H3,(H,9,10). The van der Waals surface area contributed by atoms with Crippen molar-refractivity contribution in [2.75, 3.05) is 7.11 Å². The number of carbonyl (C=O) groups excluding carboxylic acids is 1. The van der Waals surface area contributed by atoms with E-state index in [0.717, 1.165) is 12.8 Å². The van der Waals surface area contributed by atoms with Crippen molar-refractivity contribution in [2.24, 2.45) is 0 Å². The zero-order chi connectivity index (χ0) is 8.27. The molecule has 0 spiro atoms. The van der Waals surface area contributed by atoms with Crippen molar-refractivity contribution in [1.29, 1.82) is 0 Å². The van der Waals surface area contributed by atoms with E-state index in [2.05, 4.69) is 5.32 Å². The second kappa shape index (κ2) is 3.72. The molecule has 0 saturated heterocycles. The fourth-order valence-electron chi connectivity index (χ4n) is 1.21. The van der Waals surface area contributed by atoms with Crippen LogP contribution in [0.25, 0.3) is 0 Å². The number of hydrogen-bond donors (Lipinski definition) is 1. The molecule has 0 heterocycles. The third kappa shape index (κ3) is 2.19. The molecule has 0 aromatic carbocycles. The molecule has 0 radical (unpaired) electrons. The minimum Gasteiger partial charge on any atom is -0.381 e. The smallest absolute Gasteiger partial charge is 0.219 e. The van der Waals surface area contributed by atoms with Crippen molar-refractivity contribution in [1.82, 2.24) is 5.32 Å². The van der Waals surface area contributed by atoms with Gasteiger partial charge in [0, 0.05) is 19.6 Å². The topological polar surface area (TPSA) is 38.3 Å². The Labute approximate surface area is 67.1 Å². The number of rotatable bonds is 3. The summed E-state index contributed by atoms with van der Waals surface area (Å²) in [5, 5.41) is 2.91. The lowest BCUT2D eigenvalue weighted by Crippen LogP contribution is -2.47. The van der Waals surface area contributed by atoms with Gasteiger partial charge in [0.1, 0.15) is 0 Å². The molecule has 0 aliphatic heterocycles. The fraction of sp³-hybridized carbons (Fsp3) is 0.875. The zero-order valence-corrected chi connectivity index (χ0v) is 7.09. The Kier molecular flexibility index (Phi) is 2.88. The summed E-state index contributed by atoms with van der Waals surface area (Å²) < 4.78 is 5.08. The van der Waals surface area contributed by atoms with E-state index in [1.807, 2.05) is 6.92 Å². The Hall–Kier alpha value is -0.570. The van der Waals surface area contributed by atoms with Crippen molar-refractivity contribution < 1.29 is 9.53 Å². The van der Waals surface area contributed by atoms with Gasteiger partial charge in [0.2, 0.25) is 5.91 Å². The van der Waals surface area contributed by atoms with Gasteiger partial charge in [0.25, 0.3) is 0 Å². The third-order valence-electron chi connectivity index (χ3n) is 2.11. The Balaban J connectivity index is 2.08. The Morgan fingerprint density at radius 1 is 1.64 bits per heavy atom. The van der Waals surface area contributed by atoms with Crippen LogP contribution in [0, 0.1) is 0 Å². The molecule has 1 N–H and O–H groups in total. The summed E-state index contributed by atoms with van der Waals surface area (Å²) in [7, 11) is 1.71. The lowest BCUT2D eigenvalue weighted by atomic mass is 9.89. The predicted octanol–water partition coefficient (Wildman–Crippen LogP) is 0.690. The van der Waals surface area contributed by atoms with E-state index >= 15 is 0 Å². The van der Waals surface area contributed by atoms with Crippen LogP contribution in [-0.2, 0) is 9.53 Å². The van der Waals surface area contributed by atoms with Gasteiger partial charge in [0.05, 0.1) is 6.10 Å². The van der Waals surface area contributed by atoms with Crippen LogP contribution >= 0.6 is 0 Å². The van der Waals surface area contributed by atoms with Crippen LogP contribution in [-0.4, -0.2) is 25.2 Å². The van der Waals surface area contributed by atoms with Crippen LogP contribution in [0.5, 0.6) is 0 Å². The quantitative estimate of drug-likeness (QED) is 0.654. The molecule has 3 nitrogen and oxygen atoms in total. The molecule has 0 bridgehead atoms. The van der Waals surface area contributed by atoms with Crippen LogP contribution in [0.3, 0.4) is 0 Å². The second-order valence-electron chi connectivity index (χ2n) is 2.95. The van der Waals surface area contributed by atoms with Gasteiger partial charge in [-0.3, -0.25) is 4.79 Å². The monoisotopic (exact) mass is 157 g/mol. The normalized spacial score (nSPS) is 29.3. The van der Waals surface area contributed by atoms with Crippen molar-refractivity contribution in [3.8, 4) is 0 Å². The average Bonchev–Trinajstić information content (AvgIpc) is 1.95. The molecule has 0 atom stereocenters. The summed E-state index contributed by atoms with van der Waals surface area (Å²) in [4.78, 5) is 10.9. The summed E-state index contributed by atoms with van der Waals surface area (Å²) in [5.74, 6) is 0.143. The summed E-state index contributed by atoms with van der Waals surface area (Å²) in [6.45, 7) is 1.86. The molecule has 11 heavy (non-hydrogen) atoms. The minimum atomic E-state index is 0.143. The van der Waals surface area contributed by atoms with Gasteiger partial charge in [-0.2, -0.15) is 0 Å². The first-order valence-corrected chi connectivity index (χ1v) is 4.08. The van der Waals surface area contributed by atoms with Crippen LogP contribution in [0.15, 0.2) is 0 Å². The molecule has 0 unspecified atom stereocenters. The number of amides is 1. The second-order valence-corrected chi connectivity index (χ2v) is 2.95. The summed E-state index contributed by atoms with van der Waals surface area (Å²) in [6.07, 6.45) is 2.90. The zero-order valence-electron chi connectivity index (χ0n) is 7.09. The highest BCUT2D eigenvalue weighted by Crippen LogP contribution is 2.22. The Morgan fingerprint density at radius 3 is 2.73 bits per heavy atom. The van der Waals surface area contributed by atoms with E-state index in [9.17, 15) is 4.79 Å². The van der Waals surface area contributed by atoms with Gasteiger partial charge in [-0.05, 0) is 12.8 Å². The van der Waals surface area contributed by atoms with E-state index in [-0.39, 0.29) is 5.91 Å². The van der Waals surface area contributed by atoms with E-state index in [1.165, 1.54) is 0 Å². The summed E-state index contributed by atoms with van der Waals surface area (Å²) in [6, 6.07) is 0.368. The maximum absolute atomic E-state index is 10.9. The molecule has 1 rings (SSSR count). The molecule has 1 fully saturated rings. The van der Waals surface area contributed by atoms with E-state index in [1.54, 1.807) is 7.11 Å². The van der Waals surface area contributed by atoms with Crippen LogP contribution in [0.2, 0.25) is 0 Å². The molecule has 1 amide bonds. The van der Waals surface area contributed by atoms with E-state index < -0.39 is 0 Å². The molecule has 0 aromatic heterocycles. The number of methoxy groups -OCH3 is 1. The van der Waals surface area contributed by atoms with Crippen LogP contribution < -0.4 is 5.32 Å². The lowest BCUT2D eigenvalue weighted by molar-refractivity contribution is -0.123.